The number of benzene rings is 2. The molecule has 0 heterocycles. The molecule has 1 N–H and O–H groups in total. The first-order chi connectivity index (χ1) is 10.8. The summed E-state index contributed by atoms with van der Waals surface area (Å²) in [5.74, 6) is 0.491. The van der Waals surface area contributed by atoms with Crippen LogP contribution in [0.25, 0.3) is 0 Å². The summed E-state index contributed by atoms with van der Waals surface area (Å²) in [7, 11) is 0. The lowest BCUT2D eigenvalue weighted by molar-refractivity contribution is -0.127. The quantitative estimate of drug-likeness (QED) is 0.848. The van der Waals surface area contributed by atoms with Crippen molar-refractivity contribution < 1.29 is 9.53 Å². The molecule has 23 heavy (non-hydrogen) atoms. The SMILES string of the molecule is Cc1cc(C)cc(O[C@@H](C)C(=O)NCc2ccc(Cl)cc2Cl)c1. The van der Waals surface area contributed by atoms with Crippen LogP contribution in [-0.2, 0) is 11.3 Å². The van der Waals surface area contributed by atoms with Gasteiger partial charge in [0.15, 0.2) is 6.10 Å². The van der Waals surface area contributed by atoms with E-state index in [9.17, 15) is 4.79 Å². The summed E-state index contributed by atoms with van der Waals surface area (Å²) in [5, 5.41) is 3.91. The lowest BCUT2D eigenvalue weighted by atomic mass is 10.1. The monoisotopic (exact) mass is 351 g/mol. The number of ether oxygens (including phenoxy) is 1. The molecule has 2 rings (SSSR count). The zero-order valence-electron chi connectivity index (χ0n) is 13.3. The summed E-state index contributed by atoms with van der Waals surface area (Å²) >= 11 is 11.9. The Morgan fingerprint density at radius 2 is 1.78 bits per heavy atom. The van der Waals surface area contributed by atoms with E-state index in [1.165, 1.54) is 0 Å². The average Bonchev–Trinajstić information content (AvgIpc) is 2.44. The van der Waals surface area contributed by atoms with Crippen molar-refractivity contribution in [2.75, 3.05) is 0 Å². The number of hydrogen-bond donors (Lipinski definition) is 1. The number of carbonyl (C=O) groups excluding carboxylic acids is 1. The van der Waals surface area contributed by atoms with Crippen molar-refractivity contribution in [2.45, 2.75) is 33.4 Å². The van der Waals surface area contributed by atoms with Gasteiger partial charge in [-0.3, -0.25) is 4.79 Å². The largest absolute Gasteiger partial charge is 0.481 e. The van der Waals surface area contributed by atoms with Gasteiger partial charge in [0, 0.05) is 16.6 Å². The Balaban J connectivity index is 1.94. The predicted octanol–water partition coefficient (Wildman–Crippen LogP) is 4.69. The molecule has 1 amide bonds. The molecule has 0 bridgehead atoms. The van der Waals surface area contributed by atoms with Crippen LogP contribution >= 0.6 is 23.2 Å². The van der Waals surface area contributed by atoms with Crippen LogP contribution < -0.4 is 10.1 Å². The van der Waals surface area contributed by atoms with Crippen molar-refractivity contribution in [3.05, 3.63) is 63.1 Å². The van der Waals surface area contributed by atoms with Gasteiger partial charge in [0.1, 0.15) is 5.75 Å². The summed E-state index contributed by atoms with van der Waals surface area (Å²) in [6.07, 6.45) is -0.595. The minimum Gasteiger partial charge on any atom is -0.481 e. The smallest absolute Gasteiger partial charge is 0.261 e. The number of nitrogens with one attached hydrogen (secondary N) is 1. The van der Waals surface area contributed by atoms with Crippen molar-refractivity contribution in [3.8, 4) is 5.75 Å². The first kappa shape index (κ1) is 17.6. The van der Waals surface area contributed by atoms with Crippen LogP contribution in [0.1, 0.15) is 23.6 Å². The average molecular weight is 352 g/mol. The van der Waals surface area contributed by atoms with E-state index in [0.717, 1.165) is 16.7 Å². The van der Waals surface area contributed by atoms with Gasteiger partial charge in [0.05, 0.1) is 0 Å². The summed E-state index contributed by atoms with van der Waals surface area (Å²) in [4.78, 5) is 12.2. The summed E-state index contributed by atoms with van der Waals surface area (Å²) in [6.45, 7) is 6.03. The molecule has 2 aromatic rings. The van der Waals surface area contributed by atoms with Crippen molar-refractivity contribution in [2.24, 2.45) is 0 Å². The van der Waals surface area contributed by atoms with Crippen LogP contribution in [0.3, 0.4) is 0 Å². The van der Waals surface area contributed by atoms with Crippen LogP contribution in [0.15, 0.2) is 36.4 Å². The highest BCUT2D eigenvalue weighted by molar-refractivity contribution is 6.35. The van der Waals surface area contributed by atoms with E-state index in [1.54, 1.807) is 25.1 Å². The van der Waals surface area contributed by atoms with E-state index in [1.807, 2.05) is 26.0 Å². The topological polar surface area (TPSA) is 38.3 Å². The third-order valence-electron chi connectivity index (χ3n) is 3.35. The lowest BCUT2D eigenvalue weighted by Gasteiger charge is -2.16. The molecule has 0 aliphatic carbocycles. The Kier molecular flexibility index (Phi) is 5.91. The number of hydrogen-bond acceptors (Lipinski definition) is 2. The maximum atomic E-state index is 12.2. The lowest BCUT2D eigenvalue weighted by Crippen LogP contribution is -2.36. The van der Waals surface area contributed by atoms with Crippen molar-refractivity contribution in [1.82, 2.24) is 5.32 Å². The highest BCUT2D eigenvalue weighted by Crippen LogP contribution is 2.21. The van der Waals surface area contributed by atoms with Crippen molar-refractivity contribution in [1.29, 1.82) is 0 Å². The van der Waals surface area contributed by atoms with Crippen molar-refractivity contribution in [3.63, 3.8) is 0 Å². The molecule has 0 aliphatic rings. The number of aryl methyl sites for hydroxylation is 2. The second-order valence-corrected chi connectivity index (χ2v) is 6.38. The van der Waals surface area contributed by atoms with E-state index < -0.39 is 6.10 Å². The molecule has 0 aliphatic heterocycles. The van der Waals surface area contributed by atoms with Crippen LogP contribution in [0, 0.1) is 13.8 Å². The van der Waals surface area contributed by atoms with E-state index in [0.29, 0.717) is 22.3 Å². The Morgan fingerprint density at radius 3 is 2.39 bits per heavy atom. The van der Waals surface area contributed by atoms with Crippen LogP contribution in [0.4, 0.5) is 0 Å². The molecule has 1 atom stereocenters. The van der Waals surface area contributed by atoms with Crippen molar-refractivity contribution >= 4 is 29.1 Å². The molecule has 0 radical (unpaired) electrons. The van der Waals surface area contributed by atoms with Gasteiger partial charge in [-0.2, -0.15) is 0 Å². The van der Waals surface area contributed by atoms with Gasteiger partial charge >= 0.3 is 0 Å². The minimum absolute atomic E-state index is 0.199. The highest BCUT2D eigenvalue weighted by Gasteiger charge is 2.15. The third-order valence-corrected chi connectivity index (χ3v) is 3.93. The zero-order valence-corrected chi connectivity index (χ0v) is 14.8. The molecular formula is C18H19Cl2NO2. The van der Waals surface area contributed by atoms with Gasteiger partial charge in [-0.1, -0.05) is 35.3 Å². The number of halogens is 2. The molecule has 0 spiro atoms. The molecular weight excluding hydrogens is 333 g/mol. The molecule has 5 heteroatoms. The van der Waals surface area contributed by atoms with Crippen LogP contribution in [0.2, 0.25) is 10.0 Å². The molecule has 0 fully saturated rings. The minimum atomic E-state index is -0.595. The fourth-order valence-corrected chi connectivity index (χ4v) is 2.73. The van der Waals surface area contributed by atoms with E-state index in [4.69, 9.17) is 27.9 Å². The summed E-state index contributed by atoms with van der Waals surface area (Å²) in [6, 6.07) is 11.1. The normalized spacial score (nSPS) is 11.9. The molecule has 0 unspecified atom stereocenters. The Morgan fingerprint density at radius 1 is 1.13 bits per heavy atom. The van der Waals surface area contributed by atoms with E-state index in [2.05, 4.69) is 11.4 Å². The fourth-order valence-electron chi connectivity index (χ4n) is 2.25. The van der Waals surface area contributed by atoms with Crippen LogP contribution in [0.5, 0.6) is 5.75 Å². The maximum absolute atomic E-state index is 12.2. The number of carbonyl (C=O) groups is 1. The van der Waals surface area contributed by atoms with Crippen LogP contribution in [-0.4, -0.2) is 12.0 Å². The second-order valence-electron chi connectivity index (χ2n) is 5.54. The maximum Gasteiger partial charge on any atom is 0.261 e. The predicted molar refractivity (Wildman–Crippen MR) is 94.3 cm³/mol. The second kappa shape index (κ2) is 7.71. The first-order valence-electron chi connectivity index (χ1n) is 7.32. The molecule has 2 aromatic carbocycles. The van der Waals surface area contributed by atoms with E-state index in [-0.39, 0.29) is 5.91 Å². The van der Waals surface area contributed by atoms with Gasteiger partial charge in [-0.15, -0.1) is 0 Å². The standard InChI is InChI=1S/C18H19Cl2NO2/c1-11-6-12(2)8-16(7-11)23-13(3)18(22)21-10-14-4-5-15(19)9-17(14)20/h4-9,13H,10H2,1-3H3,(H,21,22)/t13-/m0/s1. The van der Waals surface area contributed by atoms with Gasteiger partial charge in [-0.25, -0.2) is 0 Å². The third kappa shape index (κ3) is 5.15. The first-order valence-corrected chi connectivity index (χ1v) is 8.07. The van der Waals surface area contributed by atoms with Gasteiger partial charge in [0.25, 0.3) is 5.91 Å². The molecule has 3 nitrogen and oxygen atoms in total. The van der Waals surface area contributed by atoms with Gasteiger partial charge in [0.2, 0.25) is 0 Å². The Labute approximate surface area is 146 Å². The Hall–Kier alpha value is -1.71. The highest BCUT2D eigenvalue weighted by atomic mass is 35.5. The molecule has 122 valence electrons. The summed E-state index contributed by atoms with van der Waals surface area (Å²) < 4.78 is 5.71. The zero-order chi connectivity index (χ0) is 17.0. The van der Waals surface area contributed by atoms with Gasteiger partial charge < -0.3 is 10.1 Å². The van der Waals surface area contributed by atoms with Gasteiger partial charge in [-0.05, 0) is 61.7 Å². The van der Waals surface area contributed by atoms with E-state index >= 15 is 0 Å². The number of rotatable bonds is 5. The molecule has 0 saturated carbocycles. The molecule has 0 aromatic heterocycles. The fraction of sp³-hybridized carbons (Fsp3) is 0.278. The molecule has 0 saturated heterocycles. The summed E-state index contributed by atoms with van der Waals surface area (Å²) in [5.41, 5.74) is 3.00. The Bertz CT molecular complexity index is 696. The number of amides is 1.